The van der Waals surface area contributed by atoms with E-state index in [4.69, 9.17) is 5.73 Å². The molecule has 2 rings (SSSR count). The van der Waals surface area contributed by atoms with Crippen LogP contribution in [0, 0.1) is 0 Å². The highest BCUT2D eigenvalue weighted by Crippen LogP contribution is 2.33. The SMILES string of the molecule is CC(C)(C)c1ccccc1-c1csc(N)n1. The highest BCUT2D eigenvalue weighted by atomic mass is 32.1. The first kappa shape index (κ1) is 11.1. The molecule has 0 saturated carbocycles. The standard InChI is InChI=1S/C13H16N2S/c1-13(2,3)10-7-5-4-6-9(10)11-8-16-12(14)15-11/h4-8H,1-3H3,(H2,14,15). The summed E-state index contributed by atoms with van der Waals surface area (Å²) in [5.74, 6) is 0. The maximum Gasteiger partial charge on any atom is 0.180 e. The fourth-order valence-electron chi connectivity index (χ4n) is 1.77. The van der Waals surface area contributed by atoms with E-state index in [9.17, 15) is 0 Å². The van der Waals surface area contributed by atoms with Gasteiger partial charge in [0.15, 0.2) is 5.13 Å². The molecule has 0 unspecified atom stereocenters. The first-order chi connectivity index (χ1) is 7.48. The number of nitrogens with zero attached hydrogens (tertiary/aromatic N) is 1. The van der Waals surface area contributed by atoms with Crippen molar-refractivity contribution >= 4 is 16.5 Å². The van der Waals surface area contributed by atoms with Crippen molar-refractivity contribution in [3.05, 3.63) is 35.2 Å². The molecule has 2 N–H and O–H groups in total. The summed E-state index contributed by atoms with van der Waals surface area (Å²) < 4.78 is 0. The second-order valence-corrected chi connectivity index (χ2v) is 5.76. The summed E-state index contributed by atoms with van der Waals surface area (Å²) >= 11 is 1.49. The van der Waals surface area contributed by atoms with Crippen LogP contribution >= 0.6 is 11.3 Å². The molecule has 0 saturated heterocycles. The van der Waals surface area contributed by atoms with Crippen LogP contribution in [0.2, 0.25) is 0 Å². The quantitative estimate of drug-likeness (QED) is 0.814. The van der Waals surface area contributed by atoms with Crippen LogP contribution < -0.4 is 5.73 Å². The van der Waals surface area contributed by atoms with E-state index in [1.807, 2.05) is 11.4 Å². The van der Waals surface area contributed by atoms with Crippen LogP contribution in [0.3, 0.4) is 0 Å². The van der Waals surface area contributed by atoms with Gasteiger partial charge in [-0.3, -0.25) is 0 Å². The summed E-state index contributed by atoms with van der Waals surface area (Å²) in [7, 11) is 0. The Kier molecular flexibility index (Phi) is 2.72. The van der Waals surface area contributed by atoms with E-state index in [1.54, 1.807) is 0 Å². The second kappa shape index (κ2) is 3.91. The van der Waals surface area contributed by atoms with Gasteiger partial charge in [0.05, 0.1) is 5.69 Å². The Morgan fingerprint density at radius 3 is 2.44 bits per heavy atom. The lowest BCUT2D eigenvalue weighted by atomic mass is 9.83. The van der Waals surface area contributed by atoms with E-state index in [2.05, 4.69) is 44.0 Å². The van der Waals surface area contributed by atoms with Gasteiger partial charge in [-0.1, -0.05) is 45.0 Å². The summed E-state index contributed by atoms with van der Waals surface area (Å²) in [5.41, 5.74) is 9.27. The molecule has 1 heterocycles. The Bertz CT molecular complexity index is 495. The number of thiazole rings is 1. The maximum absolute atomic E-state index is 5.68. The maximum atomic E-state index is 5.68. The molecular formula is C13H16N2S. The fourth-order valence-corrected chi connectivity index (χ4v) is 2.33. The van der Waals surface area contributed by atoms with E-state index < -0.39 is 0 Å². The molecular weight excluding hydrogens is 216 g/mol. The van der Waals surface area contributed by atoms with Gasteiger partial charge in [0, 0.05) is 10.9 Å². The summed E-state index contributed by atoms with van der Waals surface area (Å²) in [4.78, 5) is 4.35. The normalized spacial score (nSPS) is 11.7. The van der Waals surface area contributed by atoms with Crippen LogP contribution in [-0.4, -0.2) is 4.98 Å². The number of nitrogen functional groups attached to an aromatic ring is 1. The van der Waals surface area contributed by atoms with Crippen LogP contribution in [-0.2, 0) is 5.41 Å². The zero-order chi connectivity index (χ0) is 11.8. The molecule has 84 valence electrons. The highest BCUT2D eigenvalue weighted by molar-refractivity contribution is 7.13. The Labute approximate surface area is 100 Å². The summed E-state index contributed by atoms with van der Waals surface area (Å²) in [6, 6.07) is 8.37. The molecule has 0 fully saturated rings. The van der Waals surface area contributed by atoms with Crippen molar-refractivity contribution in [3.8, 4) is 11.3 Å². The van der Waals surface area contributed by atoms with Gasteiger partial charge in [-0.25, -0.2) is 4.98 Å². The number of anilines is 1. The third-order valence-electron chi connectivity index (χ3n) is 2.53. The molecule has 3 heteroatoms. The van der Waals surface area contributed by atoms with Gasteiger partial charge in [-0.05, 0) is 11.0 Å². The lowest BCUT2D eigenvalue weighted by Gasteiger charge is -2.22. The lowest BCUT2D eigenvalue weighted by molar-refractivity contribution is 0.592. The molecule has 0 spiro atoms. The fraction of sp³-hybridized carbons (Fsp3) is 0.308. The summed E-state index contributed by atoms with van der Waals surface area (Å²) in [5, 5.41) is 2.64. The molecule has 0 aliphatic heterocycles. The highest BCUT2D eigenvalue weighted by Gasteiger charge is 2.19. The number of rotatable bonds is 1. The first-order valence-electron chi connectivity index (χ1n) is 5.29. The molecule has 2 nitrogen and oxygen atoms in total. The van der Waals surface area contributed by atoms with Crippen LogP contribution in [0.5, 0.6) is 0 Å². The van der Waals surface area contributed by atoms with E-state index in [-0.39, 0.29) is 5.41 Å². The van der Waals surface area contributed by atoms with Crippen LogP contribution in [0.25, 0.3) is 11.3 Å². The van der Waals surface area contributed by atoms with Gasteiger partial charge >= 0.3 is 0 Å². The van der Waals surface area contributed by atoms with Gasteiger partial charge in [0.2, 0.25) is 0 Å². The van der Waals surface area contributed by atoms with Crippen molar-refractivity contribution in [2.24, 2.45) is 0 Å². The van der Waals surface area contributed by atoms with Crippen molar-refractivity contribution in [1.29, 1.82) is 0 Å². The van der Waals surface area contributed by atoms with E-state index >= 15 is 0 Å². The number of benzene rings is 1. The van der Waals surface area contributed by atoms with E-state index in [1.165, 1.54) is 22.5 Å². The molecule has 1 aromatic heterocycles. The third kappa shape index (κ3) is 2.09. The van der Waals surface area contributed by atoms with Gasteiger partial charge in [-0.2, -0.15) is 0 Å². The number of nitrogens with two attached hydrogens (primary N) is 1. The van der Waals surface area contributed by atoms with Gasteiger partial charge < -0.3 is 5.73 Å². The predicted molar refractivity (Wildman–Crippen MR) is 70.7 cm³/mol. The van der Waals surface area contributed by atoms with Crippen molar-refractivity contribution < 1.29 is 0 Å². The lowest BCUT2D eigenvalue weighted by Crippen LogP contribution is -2.12. The Morgan fingerprint density at radius 2 is 1.88 bits per heavy atom. The topological polar surface area (TPSA) is 38.9 Å². The second-order valence-electron chi connectivity index (χ2n) is 4.87. The van der Waals surface area contributed by atoms with Crippen molar-refractivity contribution in [1.82, 2.24) is 4.98 Å². The smallest absolute Gasteiger partial charge is 0.180 e. The molecule has 16 heavy (non-hydrogen) atoms. The molecule has 0 atom stereocenters. The average Bonchev–Trinajstić information content (AvgIpc) is 2.64. The Balaban J connectivity index is 2.57. The van der Waals surface area contributed by atoms with Gasteiger partial charge in [0.1, 0.15) is 0 Å². The van der Waals surface area contributed by atoms with Crippen LogP contribution in [0.4, 0.5) is 5.13 Å². The zero-order valence-corrected chi connectivity index (χ0v) is 10.6. The first-order valence-corrected chi connectivity index (χ1v) is 6.17. The third-order valence-corrected chi connectivity index (χ3v) is 3.21. The monoisotopic (exact) mass is 232 g/mol. The largest absolute Gasteiger partial charge is 0.375 e. The molecule has 2 aromatic rings. The van der Waals surface area contributed by atoms with E-state index in [0.717, 1.165) is 5.69 Å². The molecule has 0 radical (unpaired) electrons. The van der Waals surface area contributed by atoms with Crippen molar-refractivity contribution in [2.45, 2.75) is 26.2 Å². The molecule has 1 aromatic carbocycles. The average molecular weight is 232 g/mol. The zero-order valence-electron chi connectivity index (χ0n) is 9.82. The van der Waals surface area contributed by atoms with Crippen LogP contribution in [0.15, 0.2) is 29.6 Å². The van der Waals surface area contributed by atoms with Gasteiger partial charge in [-0.15, -0.1) is 11.3 Å². The summed E-state index contributed by atoms with van der Waals surface area (Å²) in [6.07, 6.45) is 0. The molecule has 0 amide bonds. The molecule has 0 aliphatic carbocycles. The Morgan fingerprint density at radius 1 is 1.19 bits per heavy atom. The molecule has 0 aliphatic rings. The minimum Gasteiger partial charge on any atom is -0.375 e. The van der Waals surface area contributed by atoms with Crippen molar-refractivity contribution in [2.75, 3.05) is 5.73 Å². The summed E-state index contributed by atoms with van der Waals surface area (Å²) in [6.45, 7) is 6.63. The Hall–Kier alpha value is -1.35. The number of hydrogen-bond acceptors (Lipinski definition) is 3. The molecule has 0 bridgehead atoms. The predicted octanol–water partition coefficient (Wildman–Crippen LogP) is 3.69. The van der Waals surface area contributed by atoms with Crippen LogP contribution in [0.1, 0.15) is 26.3 Å². The minimum absolute atomic E-state index is 0.120. The van der Waals surface area contributed by atoms with E-state index in [0.29, 0.717) is 5.13 Å². The van der Waals surface area contributed by atoms with Crippen molar-refractivity contribution in [3.63, 3.8) is 0 Å². The number of aromatic nitrogens is 1. The van der Waals surface area contributed by atoms with Gasteiger partial charge in [0.25, 0.3) is 0 Å². The minimum atomic E-state index is 0.120. The number of hydrogen-bond donors (Lipinski definition) is 1.